The van der Waals surface area contributed by atoms with Crippen LogP contribution < -0.4 is 4.74 Å². The molecule has 6 aliphatic rings. The highest BCUT2D eigenvalue weighted by atomic mass is 19.4. The molecule has 1 amide bonds. The highest BCUT2D eigenvalue weighted by molar-refractivity contribution is 5.97. The number of carbonyl (C=O) groups is 2. The number of carboxylic acids is 1. The van der Waals surface area contributed by atoms with Gasteiger partial charge in [-0.05, 0) is 86.7 Å². The Labute approximate surface area is 200 Å². The van der Waals surface area contributed by atoms with Crippen molar-refractivity contribution in [2.45, 2.75) is 69.5 Å². The third-order valence-corrected chi connectivity index (χ3v) is 9.24. The molecule has 190 valence electrons. The minimum atomic E-state index is -4.63. The predicted octanol–water partition coefficient (Wildman–Crippen LogP) is 5.39. The number of alkyl halides is 3. The Kier molecular flexibility index (Phi) is 5.17. The van der Waals surface area contributed by atoms with Gasteiger partial charge in [0.15, 0.2) is 0 Å². The van der Waals surface area contributed by atoms with Gasteiger partial charge in [0, 0.05) is 18.0 Å². The Bertz CT molecular complexity index is 1050. The first-order chi connectivity index (χ1) is 16.5. The van der Waals surface area contributed by atoms with E-state index in [1.807, 2.05) is 0 Å². The van der Waals surface area contributed by atoms with Gasteiger partial charge in [-0.1, -0.05) is 0 Å². The van der Waals surface area contributed by atoms with Crippen molar-refractivity contribution in [3.8, 4) is 5.75 Å². The molecule has 9 heteroatoms. The zero-order valence-electron chi connectivity index (χ0n) is 19.3. The smallest absolute Gasteiger partial charge is 0.393 e. The Hall–Kier alpha value is -2.32. The van der Waals surface area contributed by atoms with Crippen LogP contribution in [0.5, 0.6) is 5.75 Å². The van der Waals surface area contributed by atoms with Gasteiger partial charge in [-0.2, -0.15) is 13.2 Å². The molecule has 1 saturated heterocycles. The topological polar surface area (TPSA) is 66.8 Å². The highest BCUT2D eigenvalue weighted by Gasteiger charge is 2.56. The van der Waals surface area contributed by atoms with Crippen LogP contribution in [0.4, 0.5) is 17.6 Å². The summed E-state index contributed by atoms with van der Waals surface area (Å²) in [4.78, 5) is 25.4. The number of ether oxygens (including phenoxy) is 1. The molecule has 1 aliphatic heterocycles. The number of likely N-dealkylation sites (tertiary alicyclic amines) is 1. The molecule has 5 aliphatic carbocycles. The molecular weight excluding hydrogens is 466 g/mol. The van der Waals surface area contributed by atoms with E-state index in [1.54, 1.807) is 0 Å². The largest absolute Gasteiger partial charge is 0.493 e. The van der Waals surface area contributed by atoms with Crippen LogP contribution in [0.2, 0.25) is 0 Å². The van der Waals surface area contributed by atoms with Crippen molar-refractivity contribution in [1.82, 2.24) is 4.90 Å². The van der Waals surface area contributed by atoms with Crippen LogP contribution in [0.3, 0.4) is 0 Å². The molecule has 35 heavy (non-hydrogen) atoms. The molecule has 1 aromatic rings. The number of nitrogens with zero attached hydrogens (tertiary/aromatic N) is 1. The zero-order valence-corrected chi connectivity index (χ0v) is 19.3. The highest BCUT2D eigenvalue weighted by Crippen LogP contribution is 2.64. The van der Waals surface area contributed by atoms with Crippen LogP contribution in [0.15, 0.2) is 12.1 Å². The average molecular weight is 496 g/mol. The summed E-state index contributed by atoms with van der Waals surface area (Å²) in [5.74, 6) is -2.53. The number of carbonyl (C=O) groups excluding carboxylic acids is 1. The van der Waals surface area contributed by atoms with Crippen molar-refractivity contribution in [2.24, 2.45) is 29.1 Å². The zero-order chi connectivity index (χ0) is 24.7. The van der Waals surface area contributed by atoms with Crippen molar-refractivity contribution in [3.63, 3.8) is 0 Å². The summed E-state index contributed by atoms with van der Waals surface area (Å²) in [7, 11) is 0. The van der Waals surface area contributed by atoms with Gasteiger partial charge in [-0.25, -0.2) is 9.18 Å². The summed E-state index contributed by atoms with van der Waals surface area (Å²) < 4.78 is 61.2. The van der Waals surface area contributed by atoms with Crippen molar-refractivity contribution >= 4 is 11.9 Å². The van der Waals surface area contributed by atoms with Crippen molar-refractivity contribution in [1.29, 1.82) is 0 Å². The van der Waals surface area contributed by atoms with Gasteiger partial charge < -0.3 is 14.7 Å². The third-order valence-electron chi connectivity index (χ3n) is 9.24. The number of benzene rings is 1. The van der Waals surface area contributed by atoms with E-state index in [4.69, 9.17) is 4.74 Å². The van der Waals surface area contributed by atoms with E-state index in [0.29, 0.717) is 22.8 Å². The molecule has 0 aromatic heterocycles. The van der Waals surface area contributed by atoms with Gasteiger partial charge in [-0.3, -0.25) is 4.79 Å². The standard InChI is InChI=1S/C26H29F4NO4/c27-20-7-22(35-12-25-8-13-3-15(9-25)16(4-13)10-25)18(14-1-2-14)6-19(20)23(32)31-11-17(26(28,29)30)5-21(31)24(33)34/h6-7,13-17,21H,1-5,8-12H2,(H,33,34)/t13?,15?,16?,17-,21-,25?/m0/s1. The fourth-order valence-electron chi connectivity index (χ4n) is 7.65. The molecule has 7 rings (SSSR count). The van der Waals surface area contributed by atoms with E-state index in [1.165, 1.54) is 25.0 Å². The summed E-state index contributed by atoms with van der Waals surface area (Å²) in [5.41, 5.74) is 0.450. The molecule has 1 N–H and O–H groups in total. The third kappa shape index (κ3) is 3.99. The Morgan fingerprint density at radius 2 is 1.77 bits per heavy atom. The number of hydrogen-bond acceptors (Lipinski definition) is 3. The van der Waals surface area contributed by atoms with Crippen LogP contribution in [0.1, 0.15) is 73.2 Å². The average Bonchev–Trinajstić information content (AvgIpc) is 3.37. The first kappa shape index (κ1) is 23.1. The molecule has 0 spiro atoms. The summed E-state index contributed by atoms with van der Waals surface area (Å²) in [6.07, 6.45) is 2.45. The lowest BCUT2D eigenvalue weighted by Gasteiger charge is -2.38. The minimum absolute atomic E-state index is 0.113. The van der Waals surface area contributed by atoms with Crippen molar-refractivity contribution in [2.75, 3.05) is 13.2 Å². The maximum absolute atomic E-state index is 15.2. The number of halogens is 4. The second kappa shape index (κ2) is 7.84. The summed E-state index contributed by atoms with van der Waals surface area (Å²) in [5, 5.41) is 9.42. The van der Waals surface area contributed by atoms with E-state index in [0.717, 1.165) is 49.9 Å². The molecule has 4 bridgehead atoms. The van der Waals surface area contributed by atoms with Gasteiger partial charge in [0.1, 0.15) is 17.6 Å². The molecule has 0 radical (unpaired) electrons. The predicted molar refractivity (Wildman–Crippen MR) is 116 cm³/mol. The summed E-state index contributed by atoms with van der Waals surface area (Å²) in [6, 6.07) is 0.930. The number of rotatable bonds is 6. The maximum atomic E-state index is 15.2. The second-order valence-electron chi connectivity index (χ2n) is 11.7. The molecule has 1 aromatic carbocycles. The fraction of sp³-hybridized carbons (Fsp3) is 0.692. The number of aliphatic carboxylic acids is 1. The van der Waals surface area contributed by atoms with Crippen molar-refractivity contribution < 1.29 is 37.0 Å². The van der Waals surface area contributed by atoms with Gasteiger partial charge in [0.25, 0.3) is 5.91 Å². The van der Waals surface area contributed by atoms with Gasteiger partial charge in [0.2, 0.25) is 0 Å². The summed E-state index contributed by atoms with van der Waals surface area (Å²) >= 11 is 0. The van der Waals surface area contributed by atoms with E-state index in [-0.39, 0.29) is 16.9 Å². The minimum Gasteiger partial charge on any atom is -0.493 e. The molecule has 5 nitrogen and oxygen atoms in total. The molecule has 4 atom stereocenters. The van der Waals surface area contributed by atoms with Gasteiger partial charge in [0.05, 0.1) is 18.1 Å². The number of amides is 1. The Morgan fingerprint density at radius 3 is 2.34 bits per heavy atom. The quantitative estimate of drug-likeness (QED) is 0.538. The second-order valence-corrected chi connectivity index (χ2v) is 11.7. The van der Waals surface area contributed by atoms with E-state index < -0.39 is 48.8 Å². The van der Waals surface area contributed by atoms with Crippen LogP contribution >= 0.6 is 0 Å². The SMILES string of the molecule is O=C(O)[C@@H]1C[C@H](C(F)(F)F)CN1C(=O)c1cc(C2CC2)c(OCC23CC4CC(C2)C(C4)C3)cc1F. The Morgan fingerprint density at radius 1 is 1.09 bits per heavy atom. The van der Waals surface area contributed by atoms with E-state index in [9.17, 15) is 27.9 Å². The Balaban J connectivity index is 1.24. The molecule has 1 heterocycles. The van der Waals surface area contributed by atoms with Crippen LogP contribution in [0.25, 0.3) is 0 Å². The first-order valence-electron chi connectivity index (χ1n) is 12.6. The lowest BCUT2D eigenvalue weighted by molar-refractivity contribution is -0.170. The normalized spacial score (nSPS) is 35.7. The van der Waals surface area contributed by atoms with E-state index in [2.05, 4.69) is 0 Å². The van der Waals surface area contributed by atoms with Crippen LogP contribution in [-0.2, 0) is 4.79 Å². The van der Waals surface area contributed by atoms with E-state index >= 15 is 4.39 Å². The fourth-order valence-corrected chi connectivity index (χ4v) is 7.65. The van der Waals surface area contributed by atoms with Gasteiger partial charge in [-0.15, -0.1) is 0 Å². The van der Waals surface area contributed by atoms with Crippen molar-refractivity contribution in [3.05, 3.63) is 29.1 Å². The first-order valence-corrected chi connectivity index (χ1v) is 12.6. The monoisotopic (exact) mass is 495 g/mol. The molecule has 2 unspecified atom stereocenters. The van der Waals surface area contributed by atoms with Gasteiger partial charge >= 0.3 is 12.1 Å². The summed E-state index contributed by atoms with van der Waals surface area (Å²) in [6.45, 7) is -0.273. The van der Waals surface area contributed by atoms with Crippen LogP contribution in [0, 0.1) is 34.9 Å². The maximum Gasteiger partial charge on any atom is 0.393 e. The van der Waals surface area contributed by atoms with Crippen LogP contribution in [-0.4, -0.2) is 47.3 Å². The lowest BCUT2D eigenvalue weighted by Crippen LogP contribution is -2.41. The molecule has 6 fully saturated rings. The number of carboxylic acid groups (broad SMARTS) is 1. The lowest BCUT2D eigenvalue weighted by atomic mass is 9.70. The number of hydrogen-bond donors (Lipinski definition) is 1. The molecular formula is C26H29F4NO4. The molecule has 5 saturated carbocycles.